The summed E-state index contributed by atoms with van der Waals surface area (Å²) in [5, 5.41) is 3.30. The Labute approximate surface area is 93.5 Å². The van der Waals surface area contributed by atoms with Gasteiger partial charge in [0, 0.05) is 26.3 Å². The molecule has 1 fully saturated rings. The topological polar surface area (TPSA) is 30.5 Å². The van der Waals surface area contributed by atoms with E-state index >= 15 is 0 Å². The van der Waals surface area contributed by atoms with Crippen molar-refractivity contribution < 1.29 is 9.47 Å². The molecule has 1 N–H and O–H groups in total. The first-order valence-electron chi connectivity index (χ1n) is 6.15. The van der Waals surface area contributed by atoms with Gasteiger partial charge in [-0.15, -0.1) is 0 Å². The van der Waals surface area contributed by atoms with Crippen LogP contribution in [-0.4, -0.2) is 39.5 Å². The monoisotopic (exact) mass is 215 g/mol. The summed E-state index contributed by atoms with van der Waals surface area (Å²) in [5.41, 5.74) is 0. The van der Waals surface area contributed by atoms with Crippen LogP contribution in [0.15, 0.2) is 0 Å². The van der Waals surface area contributed by atoms with Crippen LogP contribution in [0.2, 0.25) is 0 Å². The maximum Gasteiger partial charge on any atom is 0.0591 e. The Hall–Kier alpha value is -0.120. The number of ether oxygens (including phenoxy) is 2. The number of rotatable bonds is 10. The lowest BCUT2D eigenvalue weighted by atomic mass is 10.2. The SMILES string of the molecule is CC(C)COCCNCCOCC1CC1. The van der Waals surface area contributed by atoms with Crippen LogP contribution in [0.3, 0.4) is 0 Å². The molecule has 90 valence electrons. The van der Waals surface area contributed by atoms with Crippen molar-refractivity contribution in [1.82, 2.24) is 5.32 Å². The third-order valence-corrected chi connectivity index (χ3v) is 2.35. The summed E-state index contributed by atoms with van der Waals surface area (Å²) in [6, 6.07) is 0. The van der Waals surface area contributed by atoms with Gasteiger partial charge in [0.25, 0.3) is 0 Å². The molecule has 1 aliphatic carbocycles. The standard InChI is InChI=1S/C12H25NO2/c1-11(2)9-14-7-5-13-6-8-15-10-12-3-4-12/h11-13H,3-10H2,1-2H3. The minimum absolute atomic E-state index is 0.631. The zero-order valence-electron chi connectivity index (χ0n) is 10.1. The second-order valence-corrected chi connectivity index (χ2v) is 4.74. The fourth-order valence-corrected chi connectivity index (χ4v) is 1.27. The molecule has 0 aliphatic heterocycles. The lowest BCUT2D eigenvalue weighted by Gasteiger charge is -2.08. The molecule has 3 nitrogen and oxygen atoms in total. The quantitative estimate of drug-likeness (QED) is 0.562. The van der Waals surface area contributed by atoms with Crippen molar-refractivity contribution in [1.29, 1.82) is 0 Å². The number of nitrogens with one attached hydrogen (secondary N) is 1. The zero-order valence-corrected chi connectivity index (χ0v) is 10.1. The summed E-state index contributed by atoms with van der Waals surface area (Å²) >= 11 is 0. The molecule has 0 unspecified atom stereocenters. The van der Waals surface area contributed by atoms with Gasteiger partial charge in [0.1, 0.15) is 0 Å². The van der Waals surface area contributed by atoms with Gasteiger partial charge < -0.3 is 14.8 Å². The van der Waals surface area contributed by atoms with Gasteiger partial charge in [-0.25, -0.2) is 0 Å². The Morgan fingerprint density at radius 2 is 1.80 bits per heavy atom. The maximum absolute atomic E-state index is 5.50. The van der Waals surface area contributed by atoms with Crippen LogP contribution in [0.4, 0.5) is 0 Å². The molecule has 0 radical (unpaired) electrons. The van der Waals surface area contributed by atoms with E-state index in [9.17, 15) is 0 Å². The largest absolute Gasteiger partial charge is 0.380 e. The Kier molecular flexibility index (Phi) is 6.98. The first kappa shape index (κ1) is 12.9. The van der Waals surface area contributed by atoms with Gasteiger partial charge in [-0.05, 0) is 24.7 Å². The van der Waals surface area contributed by atoms with Gasteiger partial charge in [-0.3, -0.25) is 0 Å². The highest BCUT2D eigenvalue weighted by Crippen LogP contribution is 2.28. The van der Waals surface area contributed by atoms with Gasteiger partial charge in [0.05, 0.1) is 13.2 Å². The van der Waals surface area contributed by atoms with Crippen LogP contribution in [0, 0.1) is 11.8 Å². The predicted molar refractivity (Wildman–Crippen MR) is 62.1 cm³/mol. The first-order valence-corrected chi connectivity index (χ1v) is 6.15. The van der Waals surface area contributed by atoms with Crippen molar-refractivity contribution in [3.63, 3.8) is 0 Å². The van der Waals surface area contributed by atoms with Crippen molar-refractivity contribution in [2.75, 3.05) is 39.5 Å². The van der Waals surface area contributed by atoms with E-state index in [0.717, 1.165) is 45.4 Å². The van der Waals surface area contributed by atoms with E-state index in [4.69, 9.17) is 9.47 Å². The Balaban J connectivity index is 1.65. The van der Waals surface area contributed by atoms with Crippen LogP contribution in [0.25, 0.3) is 0 Å². The van der Waals surface area contributed by atoms with E-state index in [1.807, 2.05) is 0 Å². The van der Waals surface area contributed by atoms with E-state index in [1.54, 1.807) is 0 Å². The van der Waals surface area contributed by atoms with Crippen molar-refractivity contribution >= 4 is 0 Å². The minimum atomic E-state index is 0.631. The molecule has 0 aromatic carbocycles. The lowest BCUT2D eigenvalue weighted by molar-refractivity contribution is 0.104. The van der Waals surface area contributed by atoms with Gasteiger partial charge in [0.2, 0.25) is 0 Å². The summed E-state index contributed by atoms with van der Waals surface area (Å²) < 4.78 is 10.9. The van der Waals surface area contributed by atoms with E-state index in [1.165, 1.54) is 12.8 Å². The summed E-state index contributed by atoms with van der Waals surface area (Å²) in [6.45, 7) is 9.67. The van der Waals surface area contributed by atoms with Crippen LogP contribution in [-0.2, 0) is 9.47 Å². The van der Waals surface area contributed by atoms with E-state index in [0.29, 0.717) is 5.92 Å². The van der Waals surface area contributed by atoms with Crippen LogP contribution in [0.1, 0.15) is 26.7 Å². The van der Waals surface area contributed by atoms with Crippen LogP contribution >= 0.6 is 0 Å². The normalized spacial score (nSPS) is 16.2. The molecule has 0 heterocycles. The molecule has 0 spiro atoms. The van der Waals surface area contributed by atoms with Gasteiger partial charge in [-0.1, -0.05) is 13.8 Å². The van der Waals surface area contributed by atoms with Gasteiger partial charge in [-0.2, -0.15) is 0 Å². The fraction of sp³-hybridized carbons (Fsp3) is 1.00. The lowest BCUT2D eigenvalue weighted by Crippen LogP contribution is -2.24. The Bertz CT molecular complexity index is 139. The fourth-order valence-electron chi connectivity index (χ4n) is 1.27. The van der Waals surface area contributed by atoms with E-state index in [-0.39, 0.29) is 0 Å². The van der Waals surface area contributed by atoms with Crippen molar-refractivity contribution in [3.05, 3.63) is 0 Å². The second-order valence-electron chi connectivity index (χ2n) is 4.74. The molecular weight excluding hydrogens is 190 g/mol. The molecule has 1 saturated carbocycles. The average Bonchev–Trinajstić information content (AvgIpc) is 2.98. The van der Waals surface area contributed by atoms with Gasteiger partial charge >= 0.3 is 0 Å². The minimum Gasteiger partial charge on any atom is -0.380 e. The molecule has 0 saturated heterocycles. The predicted octanol–water partition coefficient (Wildman–Crippen LogP) is 1.68. The summed E-state index contributed by atoms with van der Waals surface area (Å²) in [5.74, 6) is 1.51. The molecular formula is C12H25NO2. The molecule has 1 aliphatic rings. The summed E-state index contributed by atoms with van der Waals surface area (Å²) in [6.07, 6.45) is 2.74. The van der Waals surface area contributed by atoms with Gasteiger partial charge in [0.15, 0.2) is 0 Å². The maximum atomic E-state index is 5.50. The first-order chi connectivity index (χ1) is 7.29. The Morgan fingerprint density at radius 3 is 2.40 bits per heavy atom. The highest BCUT2D eigenvalue weighted by Gasteiger charge is 2.20. The van der Waals surface area contributed by atoms with E-state index in [2.05, 4.69) is 19.2 Å². The van der Waals surface area contributed by atoms with Crippen molar-refractivity contribution in [2.45, 2.75) is 26.7 Å². The molecule has 1 rings (SSSR count). The number of hydrogen-bond acceptors (Lipinski definition) is 3. The third-order valence-electron chi connectivity index (χ3n) is 2.35. The molecule has 0 bridgehead atoms. The smallest absolute Gasteiger partial charge is 0.0591 e. The number of hydrogen-bond donors (Lipinski definition) is 1. The Morgan fingerprint density at radius 1 is 1.13 bits per heavy atom. The van der Waals surface area contributed by atoms with Crippen molar-refractivity contribution in [2.24, 2.45) is 11.8 Å². The highest BCUT2D eigenvalue weighted by atomic mass is 16.5. The summed E-state index contributed by atoms with van der Waals surface area (Å²) in [7, 11) is 0. The third kappa shape index (κ3) is 8.85. The van der Waals surface area contributed by atoms with Crippen LogP contribution < -0.4 is 5.32 Å². The molecule has 0 aromatic rings. The van der Waals surface area contributed by atoms with E-state index < -0.39 is 0 Å². The molecule has 0 aromatic heterocycles. The molecule has 0 amide bonds. The summed E-state index contributed by atoms with van der Waals surface area (Å²) in [4.78, 5) is 0. The molecule has 15 heavy (non-hydrogen) atoms. The highest BCUT2D eigenvalue weighted by molar-refractivity contribution is 4.71. The van der Waals surface area contributed by atoms with Crippen LogP contribution in [0.5, 0.6) is 0 Å². The second kappa shape index (κ2) is 8.08. The zero-order chi connectivity index (χ0) is 10.9. The average molecular weight is 215 g/mol. The van der Waals surface area contributed by atoms with Crippen molar-refractivity contribution in [3.8, 4) is 0 Å². The molecule has 0 atom stereocenters. The molecule has 3 heteroatoms.